The first-order valence-electron chi connectivity index (χ1n) is 3.97. The van der Waals surface area contributed by atoms with Gasteiger partial charge in [-0.1, -0.05) is 0 Å². The Kier molecular flexibility index (Phi) is 3.41. The lowest BCUT2D eigenvalue weighted by molar-refractivity contribution is 0.0690. The quantitative estimate of drug-likeness (QED) is 0.839. The van der Waals surface area contributed by atoms with Gasteiger partial charge >= 0.3 is 5.97 Å². The number of hydrogen-bond acceptors (Lipinski definition) is 3. The number of rotatable bonds is 2. The van der Waals surface area contributed by atoms with E-state index in [4.69, 9.17) is 5.11 Å². The van der Waals surface area contributed by atoms with Crippen molar-refractivity contribution in [3.63, 3.8) is 0 Å². The third-order valence-corrected chi connectivity index (χ3v) is 1.72. The molecule has 2 heterocycles. The second-order valence-electron chi connectivity index (χ2n) is 2.66. The summed E-state index contributed by atoms with van der Waals surface area (Å²) in [7, 11) is 0. The Morgan fingerprint density at radius 2 is 2.20 bits per heavy atom. The number of pyridine rings is 1. The van der Waals surface area contributed by atoms with Crippen molar-refractivity contribution in [2.75, 3.05) is 0 Å². The first kappa shape index (κ1) is 11.2. The van der Waals surface area contributed by atoms with Crippen LogP contribution in [0.4, 0.5) is 0 Å². The lowest BCUT2D eigenvalue weighted by Crippen LogP contribution is -2.00. The molecule has 0 aromatic carbocycles. The molecule has 2 rings (SSSR count). The van der Waals surface area contributed by atoms with E-state index in [0.717, 1.165) is 5.69 Å². The molecule has 0 radical (unpaired) electrons. The normalized spacial score (nSPS) is 9.33. The lowest BCUT2D eigenvalue weighted by Gasteiger charge is -1.97. The molecule has 78 valence electrons. The number of halogens is 1. The van der Waals surface area contributed by atoms with E-state index < -0.39 is 5.97 Å². The molecule has 5 nitrogen and oxygen atoms in total. The smallest absolute Gasteiger partial charge is 0.356 e. The Hall–Kier alpha value is -1.88. The molecular weight excluding hydrogens is 218 g/mol. The number of nitrogens with zero attached hydrogens (tertiary/aromatic N) is 3. The van der Waals surface area contributed by atoms with Crippen LogP contribution in [0.5, 0.6) is 0 Å². The number of carboxylic acid groups (broad SMARTS) is 1. The first-order valence-corrected chi connectivity index (χ1v) is 3.97. The molecule has 0 fully saturated rings. The molecular formula is C9H8ClN3O2. The number of hydrogen-bond donors (Lipinski definition) is 1. The minimum atomic E-state index is -1.03. The fourth-order valence-electron chi connectivity index (χ4n) is 1.07. The third kappa shape index (κ3) is 2.32. The van der Waals surface area contributed by atoms with Crippen LogP contribution in [0.25, 0.3) is 5.69 Å². The first-order chi connectivity index (χ1) is 6.77. The van der Waals surface area contributed by atoms with Crippen LogP contribution in [0, 0.1) is 0 Å². The Morgan fingerprint density at radius 1 is 1.40 bits per heavy atom. The Morgan fingerprint density at radius 3 is 2.73 bits per heavy atom. The van der Waals surface area contributed by atoms with Crippen molar-refractivity contribution in [1.82, 2.24) is 14.8 Å². The van der Waals surface area contributed by atoms with Gasteiger partial charge in [0.15, 0.2) is 5.69 Å². The van der Waals surface area contributed by atoms with Gasteiger partial charge in [0.2, 0.25) is 0 Å². The van der Waals surface area contributed by atoms with E-state index in [0.29, 0.717) is 0 Å². The average Bonchev–Trinajstić information content (AvgIpc) is 2.68. The maximum absolute atomic E-state index is 10.6. The highest BCUT2D eigenvalue weighted by atomic mass is 35.5. The summed E-state index contributed by atoms with van der Waals surface area (Å²) in [5.41, 5.74) is 0.758. The van der Waals surface area contributed by atoms with Crippen molar-refractivity contribution in [2.45, 2.75) is 0 Å². The molecule has 0 saturated heterocycles. The molecule has 2 aromatic heterocycles. The molecule has 2 aromatic rings. The molecule has 0 aliphatic heterocycles. The number of carboxylic acids is 1. The molecule has 6 heteroatoms. The largest absolute Gasteiger partial charge is 0.476 e. The summed E-state index contributed by atoms with van der Waals surface area (Å²) >= 11 is 0. The highest BCUT2D eigenvalue weighted by Gasteiger charge is 2.06. The van der Waals surface area contributed by atoms with E-state index in [1.54, 1.807) is 30.7 Å². The van der Waals surface area contributed by atoms with Gasteiger partial charge in [-0.3, -0.25) is 4.98 Å². The summed E-state index contributed by atoms with van der Waals surface area (Å²) in [6.07, 6.45) is 4.84. The van der Waals surface area contributed by atoms with Gasteiger partial charge < -0.3 is 5.11 Å². The zero-order valence-electron chi connectivity index (χ0n) is 7.57. The molecule has 0 bridgehead atoms. The zero-order chi connectivity index (χ0) is 9.97. The fourth-order valence-corrected chi connectivity index (χ4v) is 1.07. The molecule has 0 aliphatic carbocycles. The summed E-state index contributed by atoms with van der Waals surface area (Å²) in [5, 5.41) is 12.5. The second kappa shape index (κ2) is 4.56. The van der Waals surface area contributed by atoms with Crippen LogP contribution in [0.3, 0.4) is 0 Å². The van der Waals surface area contributed by atoms with Crippen molar-refractivity contribution in [2.24, 2.45) is 0 Å². The van der Waals surface area contributed by atoms with E-state index in [2.05, 4.69) is 10.1 Å². The van der Waals surface area contributed by atoms with E-state index in [-0.39, 0.29) is 18.1 Å². The Balaban J connectivity index is 0.00000112. The molecule has 15 heavy (non-hydrogen) atoms. The van der Waals surface area contributed by atoms with Crippen molar-refractivity contribution in [3.05, 3.63) is 42.5 Å². The lowest BCUT2D eigenvalue weighted by atomic mass is 10.4. The van der Waals surface area contributed by atoms with Gasteiger partial charge in [0.05, 0.1) is 11.9 Å². The van der Waals surface area contributed by atoms with E-state index in [1.807, 2.05) is 0 Å². The summed E-state index contributed by atoms with van der Waals surface area (Å²) in [6, 6.07) is 5.00. The molecule has 0 unspecified atom stereocenters. The third-order valence-electron chi connectivity index (χ3n) is 1.72. The predicted octanol–water partition coefficient (Wildman–Crippen LogP) is 1.39. The van der Waals surface area contributed by atoms with Gasteiger partial charge in [-0.05, 0) is 18.2 Å². The number of aromatic carboxylic acids is 1. The van der Waals surface area contributed by atoms with Gasteiger partial charge in [0.1, 0.15) is 0 Å². The van der Waals surface area contributed by atoms with E-state index in [1.165, 1.54) is 10.7 Å². The average molecular weight is 226 g/mol. The number of carbonyl (C=O) groups is 1. The Labute approximate surface area is 91.8 Å². The van der Waals surface area contributed by atoms with Crippen molar-refractivity contribution in [3.8, 4) is 5.69 Å². The van der Waals surface area contributed by atoms with E-state index in [9.17, 15) is 4.79 Å². The van der Waals surface area contributed by atoms with Crippen LogP contribution in [-0.2, 0) is 0 Å². The van der Waals surface area contributed by atoms with Crippen molar-refractivity contribution < 1.29 is 9.90 Å². The monoisotopic (exact) mass is 225 g/mol. The summed E-state index contributed by atoms with van der Waals surface area (Å²) in [4.78, 5) is 14.5. The highest BCUT2D eigenvalue weighted by Crippen LogP contribution is 2.04. The Bertz CT molecular complexity index is 455. The number of aromatic nitrogens is 3. The van der Waals surface area contributed by atoms with Crippen molar-refractivity contribution >= 4 is 18.4 Å². The van der Waals surface area contributed by atoms with Gasteiger partial charge in [-0.25, -0.2) is 9.48 Å². The van der Waals surface area contributed by atoms with Crippen LogP contribution in [-0.4, -0.2) is 25.8 Å². The van der Waals surface area contributed by atoms with Crippen LogP contribution < -0.4 is 0 Å². The molecule has 1 N–H and O–H groups in total. The van der Waals surface area contributed by atoms with Crippen molar-refractivity contribution in [1.29, 1.82) is 0 Å². The van der Waals surface area contributed by atoms with Gasteiger partial charge in [0.25, 0.3) is 0 Å². The molecule has 0 amide bonds. The maximum Gasteiger partial charge on any atom is 0.356 e. The SMILES string of the molecule is Cl.O=C(O)c1ccn(-c2cccnc2)n1. The molecule has 0 spiro atoms. The van der Waals surface area contributed by atoms with Gasteiger partial charge in [-0.15, -0.1) is 12.4 Å². The maximum atomic E-state index is 10.6. The highest BCUT2D eigenvalue weighted by molar-refractivity contribution is 5.85. The minimum absolute atomic E-state index is 0. The van der Waals surface area contributed by atoms with Crippen LogP contribution in [0.2, 0.25) is 0 Å². The summed E-state index contributed by atoms with van der Waals surface area (Å²) in [6.45, 7) is 0. The van der Waals surface area contributed by atoms with Gasteiger partial charge in [-0.2, -0.15) is 5.10 Å². The van der Waals surface area contributed by atoms with Crippen LogP contribution in [0.15, 0.2) is 36.8 Å². The molecule has 0 atom stereocenters. The fraction of sp³-hybridized carbons (Fsp3) is 0. The standard InChI is InChI=1S/C9H7N3O2.ClH/c13-9(14)8-3-5-12(11-8)7-2-1-4-10-6-7;/h1-6H,(H,13,14);1H. The second-order valence-corrected chi connectivity index (χ2v) is 2.66. The molecule has 0 aliphatic rings. The topological polar surface area (TPSA) is 68.0 Å². The predicted molar refractivity (Wildman–Crippen MR) is 55.6 cm³/mol. The summed E-state index contributed by atoms with van der Waals surface area (Å²) < 4.78 is 1.47. The minimum Gasteiger partial charge on any atom is -0.476 e. The summed E-state index contributed by atoms with van der Waals surface area (Å²) in [5.74, 6) is -1.03. The molecule has 0 saturated carbocycles. The zero-order valence-corrected chi connectivity index (χ0v) is 8.39. The van der Waals surface area contributed by atoms with Gasteiger partial charge in [0, 0.05) is 12.4 Å². The van der Waals surface area contributed by atoms with Crippen LogP contribution in [0.1, 0.15) is 10.5 Å². The van der Waals surface area contributed by atoms with E-state index >= 15 is 0 Å². The van der Waals surface area contributed by atoms with Crippen LogP contribution >= 0.6 is 12.4 Å².